The topological polar surface area (TPSA) is 84.9 Å². The highest BCUT2D eigenvalue weighted by molar-refractivity contribution is 7.47. The minimum atomic E-state index is -3.95. The highest BCUT2D eigenvalue weighted by atomic mass is 31.2. The van der Waals surface area contributed by atoms with Crippen LogP contribution in [-0.4, -0.2) is 30.6 Å². The molecule has 0 bridgehead atoms. The van der Waals surface area contributed by atoms with Crippen molar-refractivity contribution in [2.24, 2.45) is 0 Å². The van der Waals surface area contributed by atoms with E-state index in [1.165, 1.54) is 0 Å². The molecule has 0 aromatic heterocycles. The largest absolute Gasteiger partial charge is 0.472 e. The molecule has 15 heavy (non-hydrogen) atoms. The SMILES string of the molecule is C=CC(=O)NCCOP(=O)(O)OCCC. The van der Waals surface area contributed by atoms with Gasteiger partial charge in [0.05, 0.1) is 13.2 Å². The maximum Gasteiger partial charge on any atom is 0.472 e. The molecule has 0 aliphatic heterocycles. The first-order chi connectivity index (χ1) is 7.02. The molecule has 0 radical (unpaired) electrons. The zero-order chi connectivity index (χ0) is 11.7. The van der Waals surface area contributed by atoms with E-state index in [0.717, 1.165) is 6.08 Å². The van der Waals surface area contributed by atoms with Gasteiger partial charge in [-0.3, -0.25) is 13.8 Å². The number of phosphoric acid groups is 1. The fourth-order valence-corrected chi connectivity index (χ4v) is 1.46. The fraction of sp³-hybridized carbons (Fsp3) is 0.625. The number of hydrogen-bond donors (Lipinski definition) is 2. The molecule has 2 N–H and O–H groups in total. The van der Waals surface area contributed by atoms with Gasteiger partial charge in [-0.15, -0.1) is 0 Å². The first-order valence-corrected chi connectivity index (χ1v) is 6.03. The summed E-state index contributed by atoms with van der Waals surface area (Å²) < 4.78 is 20.2. The van der Waals surface area contributed by atoms with Gasteiger partial charge < -0.3 is 10.2 Å². The minimum absolute atomic E-state index is 0.0862. The molecule has 0 aromatic carbocycles. The second kappa shape index (κ2) is 7.59. The Kier molecular flexibility index (Phi) is 7.25. The van der Waals surface area contributed by atoms with Crippen molar-refractivity contribution in [3.63, 3.8) is 0 Å². The summed E-state index contributed by atoms with van der Waals surface area (Å²) in [6, 6.07) is 0. The van der Waals surface area contributed by atoms with Crippen LogP contribution in [0.5, 0.6) is 0 Å². The smallest absolute Gasteiger partial charge is 0.350 e. The minimum Gasteiger partial charge on any atom is -0.350 e. The van der Waals surface area contributed by atoms with E-state index in [4.69, 9.17) is 4.89 Å². The molecule has 0 aliphatic rings. The van der Waals surface area contributed by atoms with Gasteiger partial charge in [0.1, 0.15) is 0 Å². The number of hydrogen-bond acceptors (Lipinski definition) is 4. The predicted octanol–water partition coefficient (Wildman–Crippen LogP) is 0.832. The molecule has 0 aliphatic carbocycles. The molecule has 88 valence electrons. The standard InChI is InChI=1S/C8H16NO5P/c1-3-6-13-15(11,12)14-7-5-9-8(10)4-2/h4H,2-3,5-7H2,1H3,(H,9,10)(H,11,12). The molecule has 1 atom stereocenters. The number of amides is 1. The third-order valence-corrected chi connectivity index (χ3v) is 2.32. The molecule has 0 saturated heterocycles. The number of nitrogens with one attached hydrogen (secondary N) is 1. The highest BCUT2D eigenvalue weighted by Gasteiger charge is 2.19. The van der Waals surface area contributed by atoms with E-state index in [-0.39, 0.29) is 25.7 Å². The summed E-state index contributed by atoms with van der Waals surface area (Å²) in [5.74, 6) is -0.360. The van der Waals surface area contributed by atoms with Crippen LogP contribution in [0.2, 0.25) is 0 Å². The monoisotopic (exact) mass is 237 g/mol. The van der Waals surface area contributed by atoms with E-state index in [0.29, 0.717) is 6.42 Å². The van der Waals surface area contributed by atoms with Gasteiger partial charge in [0.25, 0.3) is 0 Å². The summed E-state index contributed by atoms with van der Waals surface area (Å²) in [6.45, 7) is 5.26. The molecule has 0 spiro atoms. The van der Waals surface area contributed by atoms with Crippen molar-refractivity contribution in [3.05, 3.63) is 12.7 Å². The second-order valence-corrected chi connectivity index (χ2v) is 4.08. The van der Waals surface area contributed by atoms with Crippen LogP contribution in [0.15, 0.2) is 12.7 Å². The molecule has 0 rings (SSSR count). The average Bonchev–Trinajstić information content (AvgIpc) is 2.21. The van der Waals surface area contributed by atoms with Crippen molar-refractivity contribution in [2.45, 2.75) is 13.3 Å². The Morgan fingerprint density at radius 3 is 2.67 bits per heavy atom. The van der Waals surface area contributed by atoms with Crippen molar-refractivity contribution >= 4 is 13.7 Å². The van der Waals surface area contributed by atoms with Crippen molar-refractivity contribution in [1.29, 1.82) is 0 Å². The van der Waals surface area contributed by atoms with Crippen LogP contribution in [0.4, 0.5) is 0 Å². The molecule has 6 nitrogen and oxygen atoms in total. The van der Waals surface area contributed by atoms with E-state index in [1.807, 2.05) is 6.92 Å². The zero-order valence-corrected chi connectivity index (χ0v) is 9.53. The molecule has 0 fully saturated rings. The molecule has 0 aromatic rings. The lowest BCUT2D eigenvalue weighted by atomic mass is 10.5. The van der Waals surface area contributed by atoms with Gasteiger partial charge in [0, 0.05) is 6.54 Å². The van der Waals surface area contributed by atoms with E-state index in [2.05, 4.69) is 20.9 Å². The number of carbonyl (C=O) groups is 1. The van der Waals surface area contributed by atoms with Crippen molar-refractivity contribution in [3.8, 4) is 0 Å². The lowest BCUT2D eigenvalue weighted by Gasteiger charge is -2.11. The molecular weight excluding hydrogens is 221 g/mol. The predicted molar refractivity (Wildman–Crippen MR) is 55.2 cm³/mol. The van der Waals surface area contributed by atoms with E-state index in [9.17, 15) is 9.36 Å². The summed E-state index contributed by atoms with van der Waals surface area (Å²) in [5.41, 5.74) is 0. The van der Waals surface area contributed by atoms with Gasteiger partial charge in [0.15, 0.2) is 0 Å². The van der Waals surface area contributed by atoms with Crippen LogP contribution in [0, 0.1) is 0 Å². The Labute approximate surface area is 88.9 Å². The maximum absolute atomic E-state index is 11.1. The summed E-state index contributed by atoms with van der Waals surface area (Å²) >= 11 is 0. The van der Waals surface area contributed by atoms with E-state index in [1.54, 1.807) is 0 Å². The summed E-state index contributed by atoms with van der Waals surface area (Å²) in [4.78, 5) is 19.7. The summed E-state index contributed by atoms with van der Waals surface area (Å²) in [6.07, 6.45) is 1.73. The second-order valence-electron chi connectivity index (χ2n) is 2.63. The van der Waals surface area contributed by atoms with E-state index >= 15 is 0 Å². The van der Waals surface area contributed by atoms with Crippen molar-refractivity contribution in [2.75, 3.05) is 19.8 Å². The Bertz CT molecular complexity index is 255. The molecule has 1 unspecified atom stereocenters. The Morgan fingerprint density at radius 2 is 2.13 bits per heavy atom. The van der Waals surface area contributed by atoms with Crippen LogP contribution in [-0.2, 0) is 18.4 Å². The van der Waals surface area contributed by atoms with Crippen LogP contribution >= 0.6 is 7.82 Å². The zero-order valence-electron chi connectivity index (χ0n) is 8.64. The van der Waals surface area contributed by atoms with Crippen molar-refractivity contribution in [1.82, 2.24) is 5.32 Å². The van der Waals surface area contributed by atoms with Crippen LogP contribution in [0.3, 0.4) is 0 Å². The lowest BCUT2D eigenvalue weighted by Crippen LogP contribution is -2.24. The molecule has 0 heterocycles. The quantitative estimate of drug-likeness (QED) is 0.371. The Morgan fingerprint density at radius 1 is 1.53 bits per heavy atom. The van der Waals surface area contributed by atoms with Gasteiger partial charge in [0.2, 0.25) is 5.91 Å². The van der Waals surface area contributed by atoms with Gasteiger partial charge in [-0.1, -0.05) is 13.5 Å². The van der Waals surface area contributed by atoms with Gasteiger partial charge in [-0.25, -0.2) is 4.57 Å². The lowest BCUT2D eigenvalue weighted by molar-refractivity contribution is -0.116. The normalized spacial score (nSPS) is 14.3. The molecule has 7 heteroatoms. The fourth-order valence-electron chi connectivity index (χ4n) is 0.651. The first-order valence-electron chi connectivity index (χ1n) is 4.54. The summed E-state index contributed by atoms with van der Waals surface area (Å²) in [7, 11) is -3.95. The van der Waals surface area contributed by atoms with Crippen molar-refractivity contribution < 1.29 is 23.3 Å². The average molecular weight is 237 g/mol. The van der Waals surface area contributed by atoms with Gasteiger partial charge in [-0.2, -0.15) is 0 Å². The molecule has 0 saturated carbocycles. The third kappa shape index (κ3) is 8.32. The van der Waals surface area contributed by atoms with Crippen LogP contribution in [0.25, 0.3) is 0 Å². The van der Waals surface area contributed by atoms with Gasteiger partial charge >= 0.3 is 7.82 Å². The van der Waals surface area contributed by atoms with Gasteiger partial charge in [-0.05, 0) is 12.5 Å². The molecular formula is C8H16NO5P. The van der Waals surface area contributed by atoms with Crippen LogP contribution in [0.1, 0.15) is 13.3 Å². The highest BCUT2D eigenvalue weighted by Crippen LogP contribution is 2.42. The molecule has 1 amide bonds. The van der Waals surface area contributed by atoms with E-state index < -0.39 is 7.82 Å². The summed E-state index contributed by atoms with van der Waals surface area (Å²) in [5, 5.41) is 2.39. The number of phosphoric ester groups is 1. The van der Waals surface area contributed by atoms with Crippen LogP contribution < -0.4 is 5.32 Å². The number of rotatable bonds is 8. The Hall–Kier alpha value is -0.680. The number of carbonyl (C=O) groups excluding carboxylic acids is 1. The first kappa shape index (κ1) is 14.3. The Balaban J connectivity index is 3.61. The maximum atomic E-state index is 11.1. The third-order valence-electron chi connectivity index (χ3n) is 1.30.